The van der Waals surface area contributed by atoms with Crippen LogP contribution in [-0.4, -0.2) is 26.3 Å². The second-order valence-electron chi connectivity index (χ2n) is 6.24. The summed E-state index contributed by atoms with van der Waals surface area (Å²) < 4.78 is 6.91. The number of rotatable bonds is 3. The van der Waals surface area contributed by atoms with Gasteiger partial charge in [0.15, 0.2) is 11.6 Å². The van der Waals surface area contributed by atoms with Crippen LogP contribution in [0.1, 0.15) is 20.8 Å². The molecule has 24 heavy (non-hydrogen) atoms. The van der Waals surface area contributed by atoms with Crippen molar-refractivity contribution in [2.75, 3.05) is 5.43 Å². The molecule has 0 saturated heterocycles. The Morgan fingerprint density at radius 1 is 1.12 bits per heavy atom. The molecule has 0 saturated carbocycles. The topological polar surface area (TPSA) is 80.5 Å². The van der Waals surface area contributed by atoms with E-state index in [4.69, 9.17) is 4.74 Å². The molecule has 0 fully saturated rings. The maximum Gasteiger partial charge on any atom is 0.426 e. The number of nitrogens with zero attached hydrogens (tertiary/aromatic N) is 3. The summed E-state index contributed by atoms with van der Waals surface area (Å²) in [6, 6.07) is 13.3. The Morgan fingerprint density at radius 3 is 2.58 bits per heavy atom. The third kappa shape index (κ3) is 3.62. The number of aromatic nitrogens is 3. The van der Waals surface area contributed by atoms with Crippen LogP contribution in [-0.2, 0) is 4.74 Å². The minimum atomic E-state index is -0.577. The fourth-order valence-electron chi connectivity index (χ4n) is 2.15. The lowest BCUT2D eigenvalue weighted by Gasteiger charge is -2.20. The van der Waals surface area contributed by atoms with Crippen molar-refractivity contribution in [3.05, 3.63) is 48.7 Å². The van der Waals surface area contributed by atoms with Crippen LogP contribution in [0.25, 0.3) is 16.9 Å². The normalized spacial score (nSPS) is 11.3. The maximum atomic E-state index is 11.8. The largest absolute Gasteiger partial charge is 0.443 e. The summed E-state index contributed by atoms with van der Waals surface area (Å²) in [5, 5.41) is 4.47. The van der Waals surface area contributed by atoms with Gasteiger partial charge in [-0.15, -0.1) is 5.10 Å². The highest BCUT2D eigenvalue weighted by molar-refractivity contribution is 5.74. The zero-order valence-electron chi connectivity index (χ0n) is 13.8. The fraction of sp³-hybridized carbons (Fsp3) is 0.235. The summed E-state index contributed by atoms with van der Waals surface area (Å²) in [6.07, 6.45) is 1.24. The summed E-state index contributed by atoms with van der Waals surface area (Å²) in [7, 11) is 0. The van der Waals surface area contributed by atoms with E-state index in [1.54, 1.807) is 25.3 Å². The molecule has 3 rings (SSSR count). The van der Waals surface area contributed by atoms with Crippen molar-refractivity contribution in [3.63, 3.8) is 0 Å². The third-order valence-electron chi connectivity index (χ3n) is 3.10. The molecule has 0 atom stereocenters. The zero-order chi connectivity index (χ0) is 17.2. The van der Waals surface area contributed by atoms with Gasteiger partial charge < -0.3 is 4.74 Å². The first-order valence-electron chi connectivity index (χ1n) is 7.58. The number of benzene rings is 1. The molecule has 0 aliphatic heterocycles. The monoisotopic (exact) mass is 325 g/mol. The van der Waals surface area contributed by atoms with Crippen LogP contribution in [0, 0.1) is 0 Å². The molecule has 7 nitrogen and oxygen atoms in total. The van der Waals surface area contributed by atoms with E-state index in [-0.39, 0.29) is 0 Å². The quantitative estimate of drug-likeness (QED) is 0.723. The predicted molar refractivity (Wildman–Crippen MR) is 91.4 cm³/mol. The SMILES string of the molecule is CC(C)(C)OC(=O)NNc1nc(-c2ccccc2)nn2cccc12. The minimum Gasteiger partial charge on any atom is -0.443 e. The molecule has 0 unspecified atom stereocenters. The summed E-state index contributed by atoms with van der Waals surface area (Å²) in [4.78, 5) is 16.3. The lowest BCUT2D eigenvalue weighted by Crippen LogP contribution is -2.36. The van der Waals surface area contributed by atoms with E-state index in [2.05, 4.69) is 20.9 Å². The summed E-state index contributed by atoms with van der Waals surface area (Å²) in [5.74, 6) is 1.03. The molecule has 2 aromatic heterocycles. The number of anilines is 1. The Morgan fingerprint density at radius 2 is 1.88 bits per heavy atom. The van der Waals surface area contributed by atoms with Gasteiger partial charge in [0.05, 0.1) is 0 Å². The molecule has 1 amide bonds. The Kier molecular flexibility index (Phi) is 4.07. The average Bonchev–Trinajstić information content (AvgIpc) is 3.00. The summed E-state index contributed by atoms with van der Waals surface area (Å²) in [5.41, 5.74) is 6.36. The second kappa shape index (κ2) is 6.19. The van der Waals surface area contributed by atoms with Crippen LogP contribution in [0.2, 0.25) is 0 Å². The highest BCUT2D eigenvalue weighted by atomic mass is 16.6. The number of hydrogen-bond acceptors (Lipinski definition) is 5. The van der Waals surface area contributed by atoms with Gasteiger partial charge in [-0.1, -0.05) is 30.3 Å². The Balaban J connectivity index is 1.87. The van der Waals surface area contributed by atoms with E-state index in [0.717, 1.165) is 11.1 Å². The Labute approximate surface area is 139 Å². The number of nitrogens with one attached hydrogen (secondary N) is 2. The Bertz CT molecular complexity index is 852. The van der Waals surface area contributed by atoms with Crippen LogP contribution >= 0.6 is 0 Å². The first-order valence-corrected chi connectivity index (χ1v) is 7.58. The molecular formula is C17H19N5O2. The molecule has 0 bridgehead atoms. The van der Waals surface area contributed by atoms with Gasteiger partial charge >= 0.3 is 6.09 Å². The van der Waals surface area contributed by atoms with Crippen molar-refractivity contribution in [1.29, 1.82) is 0 Å². The average molecular weight is 325 g/mol. The number of carbonyl (C=O) groups excluding carboxylic acids is 1. The number of amides is 1. The predicted octanol–water partition coefficient (Wildman–Crippen LogP) is 3.25. The van der Waals surface area contributed by atoms with E-state index < -0.39 is 11.7 Å². The highest BCUT2D eigenvalue weighted by Gasteiger charge is 2.16. The molecule has 3 aromatic rings. The highest BCUT2D eigenvalue weighted by Crippen LogP contribution is 2.20. The van der Waals surface area contributed by atoms with E-state index in [0.29, 0.717) is 11.6 Å². The molecule has 7 heteroatoms. The van der Waals surface area contributed by atoms with Gasteiger partial charge in [0, 0.05) is 11.8 Å². The van der Waals surface area contributed by atoms with Crippen molar-refractivity contribution >= 4 is 17.4 Å². The maximum absolute atomic E-state index is 11.8. The van der Waals surface area contributed by atoms with Gasteiger partial charge in [0.25, 0.3) is 0 Å². The number of carbonyl (C=O) groups is 1. The number of hydrogen-bond donors (Lipinski definition) is 2. The lowest BCUT2D eigenvalue weighted by atomic mass is 10.2. The van der Waals surface area contributed by atoms with Crippen molar-refractivity contribution in [1.82, 2.24) is 20.0 Å². The van der Waals surface area contributed by atoms with Gasteiger partial charge in [0.2, 0.25) is 0 Å². The standard InChI is InChI=1S/C17H19N5O2/c1-17(2,3)24-16(23)20-19-15-13-10-7-11-22(13)21-14(18-15)12-8-5-4-6-9-12/h4-11H,1-3H3,(H,20,23)(H,18,19,21). The first-order chi connectivity index (χ1) is 11.4. The minimum absolute atomic E-state index is 0.486. The van der Waals surface area contributed by atoms with Crippen molar-refractivity contribution < 1.29 is 9.53 Å². The molecular weight excluding hydrogens is 306 g/mol. The second-order valence-corrected chi connectivity index (χ2v) is 6.24. The lowest BCUT2D eigenvalue weighted by molar-refractivity contribution is 0.0541. The van der Waals surface area contributed by atoms with Gasteiger partial charge in [-0.25, -0.2) is 19.7 Å². The molecule has 2 heterocycles. The van der Waals surface area contributed by atoms with E-state index in [1.165, 1.54) is 0 Å². The van der Waals surface area contributed by atoms with Crippen molar-refractivity contribution in [3.8, 4) is 11.4 Å². The van der Waals surface area contributed by atoms with Crippen LogP contribution in [0.4, 0.5) is 10.6 Å². The van der Waals surface area contributed by atoms with Gasteiger partial charge in [-0.2, -0.15) is 0 Å². The summed E-state index contributed by atoms with van der Waals surface area (Å²) in [6.45, 7) is 5.40. The molecule has 0 spiro atoms. The molecule has 1 aromatic carbocycles. The van der Waals surface area contributed by atoms with Crippen LogP contribution in [0.3, 0.4) is 0 Å². The smallest absolute Gasteiger partial charge is 0.426 e. The van der Waals surface area contributed by atoms with Gasteiger partial charge in [-0.05, 0) is 32.9 Å². The molecule has 0 radical (unpaired) electrons. The van der Waals surface area contributed by atoms with Crippen LogP contribution in [0.5, 0.6) is 0 Å². The van der Waals surface area contributed by atoms with Gasteiger partial charge in [0.1, 0.15) is 11.1 Å². The summed E-state index contributed by atoms with van der Waals surface area (Å²) >= 11 is 0. The van der Waals surface area contributed by atoms with E-state index in [9.17, 15) is 4.79 Å². The molecule has 124 valence electrons. The van der Waals surface area contributed by atoms with Crippen molar-refractivity contribution in [2.24, 2.45) is 0 Å². The molecule has 0 aliphatic rings. The van der Waals surface area contributed by atoms with Crippen molar-refractivity contribution in [2.45, 2.75) is 26.4 Å². The number of ether oxygens (including phenoxy) is 1. The van der Waals surface area contributed by atoms with Crippen LogP contribution in [0.15, 0.2) is 48.7 Å². The number of fused-ring (bicyclic) bond motifs is 1. The Hall–Kier alpha value is -3.09. The van der Waals surface area contributed by atoms with E-state index >= 15 is 0 Å². The zero-order valence-corrected chi connectivity index (χ0v) is 13.8. The first kappa shape index (κ1) is 15.8. The third-order valence-corrected chi connectivity index (χ3v) is 3.10. The van der Waals surface area contributed by atoms with Gasteiger partial charge in [-0.3, -0.25) is 5.43 Å². The molecule has 2 N–H and O–H groups in total. The molecule has 0 aliphatic carbocycles. The fourth-order valence-corrected chi connectivity index (χ4v) is 2.15. The van der Waals surface area contributed by atoms with E-state index in [1.807, 2.05) is 48.7 Å². The number of hydrazine groups is 1. The van der Waals surface area contributed by atoms with Crippen LogP contribution < -0.4 is 10.9 Å².